The molecule has 0 saturated carbocycles. The van der Waals surface area contributed by atoms with Crippen LogP contribution in [-0.4, -0.2) is 31.1 Å². The summed E-state index contributed by atoms with van der Waals surface area (Å²) in [5, 5.41) is 3.18. The lowest BCUT2D eigenvalue weighted by Crippen LogP contribution is -2.33. The maximum absolute atomic E-state index is 12.1. The standard InChI is InChI=1S/C23H23NO7/c1-4-28-16-7-9-17(10-8-16)29-13-21(25)30-18-6-5-15-11-19(22(26)24-14(2)3)23(27)31-20(15)12-18/h5-12,14H,4,13H2,1-3H3,(H,24,26). The van der Waals surface area contributed by atoms with Crippen LogP contribution in [0.2, 0.25) is 0 Å². The van der Waals surface area contributed by atoms with Crippen molar-refractivity contribution in [1.82, 2.24) is 5.32 Å². The monoisotopic (exact) mass is 425 g/mol. The van der Waals surface area contributed by atoms with Gasteiger partial charge >= 0.3 is 11.6 Å². The number of carbonyl (C=O) groups is 2. The maximum Gasteiger partial charge on any atom is 0.349 e. The average Bonchev–Trinajstić information content (AvgIpc) is 2.72. The molecule has 1 heterocycles. The highest BCUT2D eigenvalue weighted by molar-refractivity contribution is 5.96. The van der Waals surface area contributed by atoms with E-state index in [1.165, 1.54) is 12.1 Å². The molecular weight excluding hydrogens is 402 g/mol. The lowest BCUT2D eigenvalue weighted by Gasteiger charge is -2.09. The molecule has 8 nitrogen and oxygen atoms in total. The molecule has 3 rings (SSSR count). The Bertz CT molecular complexity index is 1130. The molecular formula is C23H23NO7. The second kappa shape index (κ2) is 9.80. The molecule has 162 valence electrons. The van der Waals surface area contributed by atoms with Gasteiger partial charge in [0.1, 0.15) is 28.4 Å². The molecule has 1 amide bonds. The summed E-state index contributed by atoms with van der Waals surface area (Å²) in [5.74, 6) is 0.267. The van der Waals surface area contributed by atoms with Gasteiger partial charge in [-0.25, -0.2) is 9.59 Å². The fourth-order valence-electron chi connectivity index (χ4n) is 2.76. The number of hydrogen-bond acceptors (Lipinski definition) is 7. The van der Waals surface area contributed by atoms with Crippen molar-refractivity contribution in [3.8, 4) is 17.2 Å². The number of esters is 1. The molecule has 0 radical (unpaired) electrons. The number of amides is 1. The van der Waals surface area contributed by atoms with Gasteiger partial charge in [-0.1, -0.05) is 0 Å². The third-order valence-electron chi connectivity index (χ3n) is 4.09. The molecule has 0 aliphatic carbocycles. The van der Waals surface area contributed by atoms with E-state index in [0.717, 1.165) is 0 Å². The van der Waals surface area contributed by atoms with Crippen LogP contribution >= 0.6 is 0 Å². The zero-order chi connectivity index (χ0) is 22.4. The van der Waals surface area contributed by atoms with Crippen LogP contribution in [0.25, 0.3) is 11.0 Å². The smallest absolute Gasteiger partial charge is 0.349 e. The van der Waals surface area contributed by atoms with Crippen LogP contribution in [0.15, 0.2) is 57.7 Å². The van der Waals surface area contributed by atoms with Crippen molar-refractivity contribution in [3.63, 3.8) is 0 Å². The molecule has 8 heteroatoms. The van der Waals surface area contributed by atoms with Gasteiger partial charge in [0.05, 0.1) is 6.61 Å². The van der Waals surface area contributed by atoms with Crippen molar-refractivity contribution in [2.24, 2.45) is 0 Å². The Kier molecular flexibility index (Phi) is 6.92. The SMILES string of the molecule is CCOc1ccc(OCC(=O)Oc2ccc3cc(C(=O)NC(C)C)c(=O)oc3c2)cc1. The molecule has 0 aliphatic rings. The number of fused-ring (bicyclic) bond motifs is 1. The van der Waals surface area contributed by atoms with Gasteiger partial charge in [-0.3, -0.25) is 4.79 Å². The molecule has 3 aromatic rings. The highest BCUT2D eigenvalue weighted by atomic mass is 16.6. The Morgan fingerprint density at radius 1 is 0.968 bits per heavy atom. The van der Waals surface area contributed by atoms with E-state index in [4.69, 9.17) is 18.6 Å². The molecule has 1 N–H and O–H groups in total. The summed E-state index contributed by atoms with van der Waals surface area (Å²) in [4.78, 5) is 36.3. The Hall–Kier alpha value is -3.81. The Morgan fingerprint density at radius 3 is 2.26 bits per heavy atom. The second-order valence-electron chi connectivity index (χ2n) is 6.94. The minimum absolute atomic E-state index is 0.0882. The van der Waals surface area contributed by atoms with Crippen molar-refractivity contribution >= 4 is 22.8 Å². The van der Waals surface area contributed by atoms with E-state index >= 15 is 0 Å². The van der Waals surface area contributed by atoms with Crippen molar-refractivity contribution in [2.45, 2.75) is 26.8 Å². The predicted octanol–water partition coefficient (Wildman–Crippen LogP) is 3.31. The summed E-state index contributed by atoms with van der Waals surface area (Å²) in [6.45, 7) is 5.73. The van der Waals surface area contributed by atoms with Crippen LogP contribution in [0, 0.1) is 0 Å². The van der Waals surface area contributed by atoms with Gasteiger partial charge in [-0.2, -0.15) is 0 Å². The highest BCUT2D eigenvalue weighted by Gasteiger charge is 2.15. The van der Waals surface area contributed by atoms with Crippen molar-refractivity contribution in [3.05, 3.63) is 64.5 Å². The Balaban J connectivity index is 1.65. The van der Waals surface area contributed by atoms with Gasteiger partial charge in [-0.05, 0) is 63.2 Å². The van der Waals surface area contributed by atoms with Crippen molar-refractivity contribution in [2.75, 3.05) is 13.2 Å². The van der Waals surface area contributed by atoms with E-state index < -0.39 is 17.5 Å². The van der Waals surface area contributed by atoms with E-state index in [0.29, 0.717) is 23.5 Å². The summed E-state index contributed by atoms with van der Waals surface area (Å²) in [5.41, 5.74) is -0.661. The van der Waals surface area contributed by atoms with E-state index in [-0.39, 0.29) is 29.5 Å². The van der Waals surface area contributed by atoms with Crippen LogP contribution in [0.5, 0.6) is 17.2 Å². The van der Waals surface area contributed by atoms with Gasteiger partial charge in [0.25, 0.3) is 5.91 Å². The first-order valence-corrected chi connectivity index (χ1v) is 9.81. The lowest BCUT2D eigenvalue weighted by atomic mass is 10.1. The summed E-state index contributed by atoms with van der Waals surface area (Å²) >= 11 is 0. The summed E-state index contributed by atoms with van der Waals surface area (Å²) in [7, 11) is 0. The molecule has 0 aliphatic heterocycles. The van der Waals surface area contributed by atoms with Crippen molar-refractivity contribution in [1.29, 1.82) is 0 Å². The van der Waals surface area contributed by atoms with E-state index in [9.17, 15) is 14.4 Å². The van der Waals surface area contributed by atoms with Crippen LogP contribution < -0.4 is 25.2 Å². The molecule has 0 unspecified atom stereocenters. The number of nitrogens with one attached hydrogen (secondary N) is 1. The summed E-state index contributed by atoms with van der Waals surface area (Å²) in [6.07, 6.45) is 0. The van der Waals surface area contributed by atoms with Crippen LogP contribution in [0.1, 0.15) is 31.1 Å². The zero-order valence-electron chi connectivity index (χ0n) is 17.5. The summed E-state index contributed by atoms with van der Waals surface area (Å²) < 4.78 is 21.2. The number of benzene rings is 2. The molecule has 31 heavy (non-hydrogen) atoms. The van der Waals surface area contributed by atoms with Crippen LogP contribution in [0.3, 0.4) is 0 Å². The number of rotatable bonds is 8. The second-order valence-corrected chi connectivity index (χ2v) is 6.94. The normalized spacial score (nSPS) is 10.7. The number of hydrogen-bond donors (Lipinski definition) is 1. The van der Waals surface area contributed by atoms with Gasteiger partial charge in [0, 0.05) is 17.5 Å². The third kappa shape index (κ3) is 5.85. The first-order chi connectivity index (χ1) is 14.9. The first kappa shape index (κ1) is 21.9. The van der Waals surface area contributed by atoms with E-state index in [2.05, 4.69) is 5.32 Å². The number of carbonyl (C=O) groups excluding carboxylic acids is 2. The molecule has 2 aromatic carbocycles. The molecule has 0 atom stereocenters. The fraction of sp³-hybridized carbons (Fsp3) is 0.261. The minimum Gasteiger partial charge on any atom is -0.494 e. The van der Waals surface area contributed by atoms with Gasteiger partial charge in [0.15, 0.2) is 6.61 Å². The lowest BCUT2D eigenvalue weighted by molar-refractivity contribution is -0.136. The first-order valence-electron chi connectivity index (χ1n) is 9.81. The molecule has 0 spiro atoms. The van der Waals surface area contributed by atoms with Crippen molar-refractivity contribution < 1.29 is 28.2 Å². The quantitative estimate of drug-likeness (QED) is 0.335. The minimum atomic E-state index is -0.770. The predicted molar refractivity (Wildman–Crippen MR) is 114 cm³/mol. The van der Waals surface area contributed by atoms with Crippen LogP contribution in [-0.2, 0) is 4.79 Å². The maximum atomic E-state index is 12.1. The summed E-state index contributed by atoms with van der Waals surface area (Å²) in [6, 6.07) is 12.7. The Morgan fingerprint density at radius 2 is 1.61 bits per heavy atom. The van der Waals surface area contributed by atoms with Crippen LogP contribution in [0.4, 0.5) is 0 Å². The third-order valence-corrected chi connectivity index (χ3v) is 4.09. The van der Waals surface area contributed by atoms with Gasteiger partial charge in [0.2, 0.25) is 0 Å². The average molecular weight is 425 g/mol. The van der Waals surface area contributed by atoms with E-state index in [1.807, 2.05) is 6.92 Å². The van der Waals surface area contributed by atoms with Gasteiger partial charge < -0.3 is 23.9 Å². The highest BCUT2D eigenvalue weighted by Crippen LogP contribution is 2.21. The fourth-order valence-corrected chi connectivity index (χ4v) is 2.76. The number of ether oxygens (including phenoxy) is 3. The Labute approximate surface area is 178 Å². The molecule has 0 fully saturated rings. The van der Waals surface area contributed by atoms with E-state index in [1.54, 1.807) is 50.2 Å². The largest absolute Gasteiger partial charge is 0.494 e. The van der Waals surface area contributed by atoms with Gasteiger partial charge in [-0.15, -0.1) is 0 Å². The topological polar surface area (TPSA) is 104 Å². The molecule has 0 bridgehead atoms. The zero-order valence-corrected chi connectivity index (χ0v) is 17.5. The molecule has 0 saturated heterocycles. The molecule has 1 aromatic heterocycles.